The molecule has 2 aliphatic rings. The van der Waals surface area contributed by atoms with Gasteiger partial charge in [-0.3, -0.25) is 4.90 Å². The Balaban J connectivity index is 1.37. The van der Waals surface area contributed by atoms with Gasteiger partial charge < -0.3 is 9.72 Å². The van der Waals surface area contributed by atoms with E-state index in [4.69, 9.17) is 4.74 Å². The summed E-state index contributed by atoms with van der Waals surface area (Å²) in [5.74, 6) is 0.781. The van der Waals surface area contributed by atoms with Gasteiger partial charge in [0.25, 0.3) is 0 Å². The summed E-state index contributed by atoms with van der Waals surface area (Å²) in [6, 6.07) is 4.75. The Kier molecular flexibility index (Phi) is 4.78. The zero-order chi connectivity index (χ0) is 17.4. The number of halogens is 1. The van der Waals surface area contributed by atoms with Crippen LogP contribution >= 0.6 is 0 Å². The highest BCUT2D eigenvalue weighted by Gasteiger charge is 2.37. The standard InChI is InChI=1S/C20H28FN3O/c1-13-8-17-18(9-14(13)2)23-20(22-17)12-25-19-11-24(10-16(19)21)15-6-4-3-5-7-15/h8-9,15-16,19H,3-7,10-12H2,1-2H3,(H,22,23). The first-order chi connectivity index (χ1) is 12.1. The predicted molar refractivity (Wildman–Crippen MR) is 97.5 cm³/mol. The minimum atomic E-state index is -0.893. The number of aromatic amines is 1. The normalized spacial score (nSPS) is 25.9. The number of hydrogen-bond donors (Lipinski definition) is 1. The van der Waals surface area contributed by atoms with Crippen LogP contribution in [0.4, 0.5) is 4.39 Å². The fourth-order valence-electron chi connectivity index (χ4n) is 4.24. The molecule has 1 saturated heterocycles. The molecule has 2 heterocycles. The van der Waals surface area contributed by atoms with Crippen LogP contribution in [0.15, 0.2) is 12.1 Å². The molecule has 4 rings (SSSR count). The highest BCUT2D eigenvalue weighted by molar-refractivity contribution is 5.77. The third kappa shape index (κ3) is 3.58. The lowest BCUT2D eigenvalue weighted by molar-refractivity contribution is 0.00726. The van der Waals surface area contributed by atoms with Gasteiger partial charge in [-0.05, 0) is 49.9 Å². The van der Waals surface area contributed by atoms with Gasteiger partial charge in [0.1, 0.15) is 24.7 Å². The first kappa shape index (κ1) is 17.0. The molecule has 4 nitrogen and oxygen atoms in total. The fourth-order valence-corrected chi connectivity index (χ4v) is 4.24. The number of fused-ring (bicyclic) bond motifs is 1. The van der Waals surface area contributed by atoms with E-state index in [0.29, 0.717) is 25.7 Å². The van der Waals surface area contributed by atoms with Gasteiger partial charge in [0.2, 0.25) is 0 Å². The van der Waals surface area contributed by atoms with Crippen LogP contribution in [-0.4, -0.2) is 46.3 Å². The SMILES string of the molecule is Cc1cc2nc(COC3CN(C4CCCCC4)CC3F)[nH]c2cc1C. The van der Waals surface area contributed by atoms with Crippen molar-refractivity contribution in [2.45, 2.75) is 70.9 Å². The molecule has 136 valence electrons. The maximum Gasteiger partial charge on any atom is 0.140 e. The van der Waals surface area contributed by atoms with E-state index >= 15 is 0 Å². The molecule has 1 aliphatic carbocycles. The average Bonchev–Trinajstić information content (AvgIpc) is 3.17. The Morgan fingerprint density at radius 2 is 1.92 bits per heavy atom. The van der Waals surface area contributed by atoms with Gasteiger partial charge in [0, 0.05) is 19.1 Å². The molecule has 1 aromatic heterocycles. The van der Waals surface area contributed by atoms with Gasteiger partial charge in [0.05, 0.1) is 11.0 Å². The van der Waals surface area contributed by atoms with E-state index < -0.39 is 6.17 Å². The fraction of sp³-hybridized carbons (Fsp3) is 0.650. The number of ether oxygens (including phenoxy) is 1. The van der Waals surface area contributed by atoms with E-state index in [0.717, 1.165) is 16.9 Å². The molecule has 5 heteroatoms. The predicted octanol–water partition coefficient (Wildman–Crippen LogP) is 4.05. The van der Waals surface area contributed by atoms with Crippen molar-refractivity contribution in [1.82, 2.24) is 14.9 Å². The smallest absolute Gasteiger partial charge is 0.140 e. The number of imidazole rings is 1. The number of H-pyrrole nitrogens is 1. The summed E-state index contributed by atoms with van der Waals surface area (Å²) in [4.78, 5) is 10.2. The van der Waals surface area contributed by atoms with Gasteiger partial charge in [-0.1, -0.05) is 19.3 Å². The summed E-state index contributed by atoms with van der Waals surface area (Å²) in [6.45, 7) is 5.76. The first-order valence-corrected chi connectivity index (χ1v) is 9.56. The van der Waals surface area contributed by atoms with E-state index in [1.165, 1.54) is 43.2 Å². The Morgan fingerprint density at radius 3 is 2.72 bits per heavy atom. The van der Waals surface area contributed by atoms with Crippen LogP contribution in [0, 0.1) is 13.8 Å². The molecule has 1 saturated carbocycles. The number of likely N-dealkylation sites (tertiary alicyclic amines) is 1. The number of hydrogen-bond acceptors (Lipinski definition) is 3. The summed E-state index contributed by atoms with van der Waals surface area (Å²) in [7, 11) is 0. The lowest BCUT2D eigenvalue weighted by Gasteiger charge is -2.30. The van der Waals surface area contributed by atoms with Crippen LogP contribution in [-0.2, 0) is 11.3 Å². The van der Waals surface area contributed by atoms with Gasteiger partial charge >= 0.3 is 0 Å². The number of aromatic nitrogens is 2. The third-order valence-corrected chi connectivity index (χ3v) is 5.90. The van der Waals surface area contributed by atoms with E-state index in [-0.39, 0.29) is 6.10 Å². The molecule has 1 N–H and O–H groups in total. The molecule has 0 bridgehead atoms. The number of aryl methyl sites for hydroxylation is 2. The summed E-state index contributed by atoms with van der Waals surface area (Å²) < 4.78 is 20.3. The molecule has 25 heavy (non-hydrogen) atoms. The van der Waals surface area contributed by atoms with E-state index in [9.17, 15) is 4.39 Å². The Labute approximate surface area is 148 Å². The molecule has 0 spiro atoms. The summed E-state index contributed by atoms with van der Waals surface area (Å²) in [6.07, 6.45) is 5.08. The van der Waals surface area contributed by atoms with Crippen molar-refractivity contribution in [2.75, 3.05) is 13.1 Å². The van der Waals surface area contributed by atoms with Crippen LogP contribution < -0.4 is 0 Å². The second-order valence-electron chi connectivity index (χ2n) is 7.75. The highest BCUT2D eigenvalue weighted by Crippen LogP contribution is 2.28. The second kappa shape index (κ2) is 7.04. The van der Waals surface area contributed by atoms with Crippen LogP contribution in [0.5, 0.6) is 0 Å². The van der Waals surface area contributed by atoms with Gasteiger partial charge in [-0.15, -0.1) is 0 Å². The Hall–Kier alpha value is -1.46. The minimum absolute atomic E-state index is 0.335. The molecule has 1 aromatic carbocycles. The number of alkyl halides is 1. The molecule has 0 radical (unpaired) electrons. The monoisotopic (exact) mass is 345 g/mol. The zero-order valence-corrected chi connectivity index (χ0v) is 15.2. The lowest BCUT2D eigenvalue weighted by atomic mass is 9.94. The van der Waals surface area contributed by atoms with E-state index in [1.807, 2.05) is 0 Å². The quantitative estimate of drug-likeness (QED) is 0.909. The number of nitrogens with one attached hydrogen (secondary N) is 1. The van der Waals surface area contributed by atoms with Gasteiger partial charge in [-0.25, -0.2) is 9.37 Å². The van der Waals surface area contributed by atoms with Gasteiger partial charge in [0.15, 0.2) is 0 Å². The average molecular weight is 345 g/mol. The number of benzene rings is 1. The molecule has 1 aliphatic heterocycles. The van der Waals surface area contributed by atoms with E-state index in [2.05, 4.69) is 40.8 Å². The molecule has 2 unspecified atom stereocenters. The largest absolute Gasteiger partial charge is 0.366 e. The molecule has 2 aromatic rings. The number of rotatable bonds is 4. The zero-order valence-electron chi connectivity index (χ0n) is 15.2. The van der Waals surface area contributed by atoms with Crippen molar-refractivity contribution >= 4 is 11.0 Å². The molecule has 2 fully saturated rings. The molecular weight excluding hydrogens is 317 g/mol. The maximum atomic E-state index is 14.4. The Morgan fingerprint density at radius 1 is 1.16 bits per heavy atom. The van der Waals surface area contributed by atoms with Crippen LogP contribution in [0.25, 0.3) is 11.0 Å². The first-order valence-electron chi connectivity index (χ1n) is 9.56. The molecular formula is C20H28FN3O. The minimum Gasteiger partial charge on any atom is -0.366 e. The number of nitrogens with zero attached hydrogens (tertiary/aromatic N) is 2. The van der Waals surface area contributed by atoms with Gasteiger partial charge in [-0.2, -0.15) is 0 Å². The van der Waals surface area contributed by atoms with Crippen molar-refractivity contribution < 1.29 is 9.13 Å². The summed E-state index contributed by atoms with van der Waals surface area (Å²) in [5, 5.41) is 0. The summed E-state index contributed by atoms with van der Waals surface area (Å²) in [5.41, 5.74) is 4.45. The van der Waals surface area contributed by atoms with Crippen molar-refractivity contribution in [3.63, 3.8) is 0 Å². The third-order valence-electron chi connectivity index (χ3n) is 5.90. The lowest BCUT2D eigenvalue weighted by Crippen LogP contribution is -2.35. The topological polar surface area (TPSA) is 41.1 Å². The van der Waals surface area contributed by atoms with Crippen molar-refractivity contribution in [2.24, 2.45) is 0 Å². The second-order valence-corrected chi connectivity index (χ2v) is 7.75. The van der Waals surface area contributed by atoms with Crippen LogP contribution in [0.3, 0.4) is 0 Å². The molecule has 0 amide bonds. The van der Waals surface area contributed by atoms with E-state index in [1.54, 1.807) is 0 Å². The van der Waals surface area contributed by atoms with Crippen molar-refractivity contribution in [1.29, 1.82) is 0 Å². The summed E-state index contributed by atoms with van der Waals surface area (Å²) >= 11 is 0. The Bertz CT molecular complexity index is 699. The van der Waals surface area contributed by atoms with Crippen LogP contribution in [0.1, 0.15) is 49.1 Å². The van der Waals surface area contributed by atoms with Crippen LogP contribution in [0.2, 0.25) is 0 Å². The van der Waals surface area contributed by atoms with Crippen molar-refractivity contribution in [3.8, 4) is 0 Å². The molecule has 2 atom stereocenters. The maximum absolute atomic E-state index is 14.4. The highest BCUT2D eigenvalue weighted by atomic mass is 19.1. The van der Waals surface area contributed by atoms with Crippen molar-refractivity contribution in [3.05, 3.63) is 29.1 Å².